The number of ketones is 1. The van der Waals surface area contributed by atoms with E-state index in [-0.39, 0.29) is 17.1 Å². The number of hydrogen-bond acceptors (Lipinski definition) is 6. The maximum atomic E-state index is 13.5. The number of carbonyl (C=O) groups is 3. The second-order valence-corrected chi connectivity index (χ2v) is 8.61. The molecule has 6 nitrogen and oxygen atoms in total. The van der Waals surface area contributed by atoms with Gasteiger partial charge in [-0.05, 0) is 50.8 Å². The first-order chi connectivity index (χ1) is 15.4. The molecule has 1 heterocycles. The standard InChI is InChI=1S/C24H26F3NO5/c1-11(2)33-23(31)18-13(4)28-16-10-12(3)17(22(30)32-5)21(29)20(16)19(18)14-6-8-15(9-7-14)24(25,26)27/h6-9,11-12,17,19,28H,10H2,1-5H3/t12-,17+,19+/m0/s1. The molecule has 33 heavy (non-hydrogen) atoms. The molecular formula is C24H26F3NO5. The lowest BCUT2D eigenvalue weighted by atomic mass is 9.69. The lowest BCUT2D eigenvalue weighted by Crippen LogP contribution is -2.43. The van der Waals surface area contributed by atoms with Crippen LogP contribution in [0.4, 0.5) is 13.2 Å². The Labute approximate surface area is 189 Å². The van der Waals surface area contributed by atoms with Crippen LogP contribution in [0.5, 0.6) is 0 Å². The van der Waals surface area contributed by atoms with E-state index in [0.29, 0.717) is 23.4 Å². The van der Waals surface area contributed by atoms with Gasteiger partial charge in [0.05, 0.1) is 24.4 Å². The van der Waals surface area contributed by atoms with Crippen LogP contribution < -0.4 is 5.32 Å². The normalized spacial score (nSPS) is 23.3. The van der Waals surface area contributed by atoms with Gasteiger partial charge in [0.25, 0.3) is 0 Å². The maximum Gasteiger partial charge on any atom is 0.416 e. The van der Waals surface area contributed by atoms with Gasteiger partial charge in [-0.25, -0.2) is 4.79 Å². The minimum absolute atomic E-state index is 0.119. The number of methoxy groups -OCH3 is 1. The van der Waals surface area contributed by atoms with Crippen LogP contribution in [0.1, 0.15) is 51.2 Å². The van der Waals surface area contributed by atoms with Crippen LogP contribution in [-0.2, 0) is 30.0 Å². The first-order valence-electron chi connectivity index (χ1n) is 10.6. The molecule has 0 saturated carbocycles. The highest BCUT2D eigenvalue weighted by Crippen LogP contribution is 2.46. The molecule has 0 amide bonds. The third kappa shape index (κ3) is 4.67. The van der Waals surface area contributed by atoms with E-state index < -0.39 is 47.4 Å². The maximum absolute atomic E-state index is 13.5. The number of ether oxygens (including phenoxy) is 2. The molecule has 2 aliphatic rings. The van der Waals surface area contributed by atoms with Gasteiger partial charge in [0.1, 0.15) is 5.92 Å². The van der Waals surface area contributed by atoms with E-state index in [4.69, 9.17) is 9.47 Å². The molecule has 9 heteroatoms. The van der Waals surface area contributed by atoms with Gasteiger partial charge in [-0.2, -0.15) is 13.2 Å². The molecular weight excluding hydrogens is 439 g/mol. The van der Waals surface area contributed by atoms with Gasteiger partial charge in [0.2, 0.25) is 0 Å². The SMILES string of the molecule is COC(=O)[C@H]1C(=O)C2=C(C[C@@H]1C)NC(C)=C(C(=O)OC(C)C)[C@H]2c1ccc(C(F)(F)F)cc1. The quantitative estimate of drug-likeness (QED) is 0.528. The van der Waals surface area contributed by atoms with Gasteiger partial charge in [-0.15, -0.1) is 0 Å². The van der Waals surface area contributed by atoms with Crippen molar-refractivity contribution in [2.75, 3.05) is 7.11 Å². The minimum Gasteiger partial charge on any atom is -0.468 e. The van der Waals surface area contributed by atoms with Gasteiger partial charge in [-0.1, -0.05) is 19.1 Å². The number of carbonyl (C=O) groups excluding carboxylic acids is 3. The number of esters is 2. The summed E-state index contributed by atoms with van der Waals surface area (Å²) in [6.45, 7) is 6.74. The molecule has 3 rings (SSSR count). The van der Waals surface area contributed by atoms with Gasteiger partial charge in [0.15, 0.2) is 5.78 Å². The number of alkyl halides is 3. The number of allylic oxidation sites excluding steroid dienone is 3. The molecule has 0 saturated heterocycles. The summed E-state index contributed by atoms with van der Waals surface area (Å²) < 4.78 is 49.6. The molecule has 1 aliphatic carbocycles. The van der Waals surface area contributed by atoms with Gasteiger partial charge >= 0.3 is 18.1 Å². The zero-order valence-electron chi connectivity index (χ0n) is 19.0. The topological polar surface area (TPSA) is 81.7 Å². The molecule has 0 aromatic heterocycles. The van der Waals surface area contributed by atoms with Crippen LogP contribution in [0.2, 0.25) is 0 Å². The third-order valence-electron chi connectivity index (χ3n) is 5.88. The third-order valence-corrected chi connectivity index (χ3v) is 5.88. The van der Waals surface area contributed by atoms with E-state index in [0.717, 1.165) is 12.1 Å². The fourth-order valence-electron chi connectivity index (χ4n) is 4.43. The Morgan fingerprint density at radius 1 is 1.15 bits per heavy atom. The predicted molar refractivity (Wildman–Crippen MR) is 113 cm³/mol. The van der Waals surface area contributed by atoms with Crippen LogP contribution in [0, 0.1) is 11.8 Å². The monoisotopic (exact) mass is 465 g/mol. The van der Waals surface area contributed by atoms with E-state index in [1.165, 1.54) is 19.2 Å². The van der Waals surface area contributed by atoms with Crippen molar-refractivity contribution in [3.63, 3.8) is 0 Å². The fraction of sp³-hybridized carbons (Fsp3) is 0.458. The number of Topliss-reactive ketones (excluding diaryl/α,β-unsaturated/α-hetero) is 1. The van der Waals surface area contributed by atoms with Crippen molar-refractivity contribution in [2.24, 2.45) is 11.8 Å². The van der Waals surface area contributed by atoms with Crippen LogP contribution in [0.15, 0.2) is 46.8 Å². The number of rotatable bonds is 4. The van der Waals surface area contributed by atoms with Crippen molar-refractivity contribution in [1.82, 2.24) is 5.32 Å². The number of hydrogen-bond donors (Lipinski definition) is 1. The molecule has 1 aromatic carbocycles. The lowest BCUT2D eigenvalue weighted by molar-refractivity contribution is -0.151. The second-order valence-electron chi connectivity index (χ2n) is 8.61. The smallest absolute Gasteiger partial charge is 0.416 e. The Bertz CT molecular complexity index is 1040. The van der Waals surface area contributed by atoms with Crippen molar-refractivity contribution in [3.05, 3.63) is 57.9 Å². The number of nitrogens with one attached hydrogen (secondary N) is 1. The van der Waals surface area contributed by atoms with E-state index >= 15 is 0 Å². The highest BCUT2D eigenvalue weighted by atomic mass is 19.4. The molecule has 0 bridgehead atoms. The Morgan fingerprint density at radius 3 is 2.27 bits per heavy atom. The summed E-state index contributed by atoms with van der Waals surface area (Å²) in [7, 11) is 1.19. The Balaban J connectivity index is 2.18. The number of halogens is 3. The second kappa shape index (κ2) is 9.03. The van der Waals surface area contributed by atoms with Crippen molar-refractivity contribution in [1.29, 1.82) is 0 Å². The van der Waals surface area contributed by atoms with E-state index in [9.17, 15) is 27.6 Å². The molecule has 0 radical (unpaired) electrons. The van der Waals surface area contributed by atoms with Gasteiger partial charge in [0, 0.05) is 22.9 Å². The highest BCUT2D eigenvalue weighted by molar-refractivity contribution is 6.12. The Hall–Kier alpha value is -3.10. The highest BCUT2D eigenvalue weighted by Gasteiger charge is 2.47. The van der Waals surface area contributed by atoms with Gasteiger partial charge < -0.3 is 14.8 Å². The molecule has 178 valence electrons. The van der Waals surface area contributed by atoms with Crippen LogP contribution in [0.25, 0.3) is 0 Å². The summed E-state index contributed by atoms with van der Waals surface area (Å²) in [5, 5.41) is 3.10. The Morgan fingerprint density at radius 2 is 1.76 bits per heavy atom. The lowest BCUT2D eigenvalue weighted by Gasteiger charge is -2.38. The van der Waals surface area contributed by atoms with Gasteiger partial charge in [-0.3, -0.25) is 9.59 Å². The van der Waals surface area contributed by atoms with Crippen LogP contribution in [-0.4, -0.2) is 30.9 Å². The predicted octanol–water partition coefficient (Wildman–Crippen LogP) is 4.27. The average molecular weight is 465 g/mol. The van der Waals surface area contributed by atoms with E-state index in [2.05, 4.69) is 5.32 Å². The van der Waals surface area contributed by atoms with E-state index in [1.807, 2.05) is 0 Å². The van der Waals surface area contributed by atoms with Crippen LogP contribution >= 0.6 is 0 Å². The zero-order valence-corrected chi connectivity index (χ0v) is 19.0. The summed E-state index contributed by atoms with van der Waals surface area (Å²) in [5.41, 5.74) is 0.742. The van der Waals surface area contributed by atoms with Crippen molar-refractivity contribution in [3.8, 4) is 0 Å². The van der Waals surface area contributed by atoms with Crippen molar-refractivity contribution < 1.29 is 37.0 Å². The number of dihydropyridines is 1. The minimum atomic E-state index is -4.53. The largest absolute Gasteiger partial charge is 0.468 e. The van der Waals surface area contributed by atoms with E-state index in [1.54, 1.807) is 27.7 Å². The zero-order chi connectivity index (χ0) is 24.7. The van der Waals surface area contributed by atoms with Crippen LogP contribution in [0.3, 0.4) is 0 Å². The molecule has 1 aliphatic heterocycles. The molecule has 1 N–H and O–H groups in total. The first kappa shape index (κ1) is 24.5. The first-order valence-corrected chi connectivity index (χ1v) is 10.6. The summed E-state index contributed by atoms with van der Waals surface area (Å²) in [6.07, 6.45) is -4.65. The summed E-state index contributed by atoms with van der Waals surface area (Å²) in [6, 6.07) is 4.31. The molecule has 1 aromatic rings. The fourth-order valence-corrected chi connectivity index (χ4v) is 4.43. The number of benzene rings is 1. The molecule has 0 unspecified atom stereocenters. The van der Waals surface area contributed by atoms with Crippen molar-refractivity contribution in [2.45, 2.75) is 52.3 Å². The molecule has 0 spiro atoms. The Kier molecular flexibility index (Phi) is 6.72. The molecule has 3 atom stereocenters. The average Bonchev–Trinajstić information content (AvgIpc) is 2.71. The molecule has 0 fully saturated rings. The van der Waals surface area contributed by atoms with Crippen molar-refractivity contribution >= 4 is 17.7 Å². The summed E-state index contributed by atoms with van der Waals surface area (Å²) in [5.74, 6) is -4.32. The summed E-state index contributed by atoms with van der Waals surface area (Å²) in [4.78, 5) is 38.9. The summed E-state index contributed by atoms with van der Waals surface area (Å²) >= 11 is 0.